The second kappa shape index (κ2) is 13.7. The Balaban J connectivity index is 1.21. The average molecular weight is 490 g/mol. The summed E-state index contributed by atoms with van der Waals surface area (Å²) in [6, 6.07) is -0.116. The van der Waals surface area contributed by atoms with Crippen molar-refractivity contribution in [3.05, 3.63) is 0 Å². The van der Waals surface area contributed by atoms with E-state index in [1.807, 2.05) is 11.8 Å². The summed E-state index contributed by atoms with van der Waals surface area (Å²) in [6.07, 6.45) is 2.56. The van der Waals surface area contributed by atoms with E-state index >= 15 is 0 Å². The standard InChI is InChI=1S/C22H39N3O7S/c1-22-18(33-17(4-2-3-5-19(26)27)20(22)23-21(28)24-22)16-32-15-14-31-13-12-30-11-10-29-9-8-25-6-7-25/h17-18,20H,2-16H2,1H3,(H,26,27)(H2,23,24,28)/t17?,18-,20?,22?/m0/s1. The zero-order valence-electron chi connectivity index (χ0n) is 19.6. The van der Waals surface area contributed by atoms with Crippen LogP contribution in [0.15, 0.2) is 0 Å². The van der Waals surface area contributed by atoms with Crippen LogP contribution < -0.4 is 10.6 Å². The van der Waals surface area contributed by atoms with Crippen molar-refractivity contribution in [2.45, 2.75) is 54.7 Å². The van der Waals surface area contributed by atoms with Gasteiger partial charge in [0.1, 0.15) is 0 Å². The van der Waals surface area contributed by atoms with Gasteiger partial charge in [0.15, 0.2) is 0 Å². The molecular weight excluding hydrogens is 450 g/mol. The van der Waals surface area contributed by atoms with Crippen molar-refractivity contribution >= 4 is 23.8 Å². The number of hydrogen-bond donors (Lipinski definition) is 3. The number of amides is 2. The molecule has 2 amide bonds. The Labute approximate surface area is 200 Å². The second-order valence-electron chi connectivity index (χ2n) is 8.92. The van der Waals surface area contributed by atoms with Gasteiger partial charge in [-0.05, 0) is 19.8 Å². The third-order valence-corrected chi connectivity index (χ3v) is 8.11. The van der Waals surface area contributed by atoms with Gasteiger partial charge in [0.25, 0.3) is 0 Å². The van der Waals surface area contributed by atoms with Gasteiger partial charge >= 0.3 is 12.0 Å². The molecule has 3 aliphatic heterocycles. The molecule has 10 nitrogen and oxygen atoms in total. The van der Waals surface area contributed by atoms with E-state index in [4.69, 9.17) is 24.1 Å². The van der Waals surface area contributed by atoms with Crippen LogP contribution in [0.3, 0.4) is 0 Å². The molecule has 3 unspecified atom stereocenters. The number of carboxylic acid groups (broad SMARTS) is 1. The summed E-state index contributed by atoms with van der Waals surface area (Å²) >= 11 is 1.83. The summed E-state index contributed by atoms with van der Waals surface area (Å²) in [5.74, 6) is -0.763. The van der Waals surface area contributed by atoms with Crippen molar-refractivity contribution in [1.82, 2.24) is 15.5 Å². The van der Waals surface area contributed by atoms with Gasteiger partial charge in [0, 0.05) is 31.3 Å². The Hall–Kier alpha value is -1.11. The maximum absolute atomic E-state index is 12.0. The molecule has 0 saturated carbocycles. The van der Waals surface area contributed by atoms with E-state index in [2.05, 4.69) is 22.5 Å². The van der Waals surface area contributed by atoms with Crippen LogP contribution in [-0.2, 0) is 23.7 Å². The van der Waals surface area contributed by atoms with Gasteiger partial charge in [0.05, 0.1) is 69.7 Å². The highest BCUT2D eigenvalue weighted by Crippen LogP contribution is 2.45. The van der Waals surface area contributed by atoms with Crippen molar-refractivity contribution in [2.24, 2.45) is 0 Å². The Bertz CT molecular complexity index is 625. The number of nitrogens with zero attached hydrogens (tertiary/aromatic N) is 1. The van der Waals surface area contributed by atoms with Gasteiger partial charge in [-0.1, -0.05) is 6.42 Å². The summed E-state index contributed by atoms with van der Waals surface area (Å²) < 4.78 is 22.4. The maximum atomic E-state index is 12.0. The van der Waals surface area contributed by atoms with E-state index in [0.717, 1.165) is 26.0 Å². The van der Waals surface area contributed by atoms with Gasteiger partial charge in [-0.15, -0.1) is 11.8 Å². The van der Waals surface area contributed by atoms with Crippen LogP contribution in [0.1, 0.15) is 32.6 Å². The lowest BCUT2D eigenvalue weighted by atomic mass is 9.87. The molecule has 3 aliphatic rings. The molecule has 4 atom stereocenters. The number of carbonyl (C=O) groups is 2. The SMILES string of the molecule is CC12NC(=O)NC1C(CCCCC(=O)O)S[C@H]2COCCOCCOCCOCCN1CC1. The lowest BCUT2D eigenvalue weighted by molar-refractivity contribution is -0.137. The van der Waals surface area contributed by atoms with Gasteiger partial charge in [0.2, 0.25) is 0 Å². The first kappa shape index (κ1) is 26.5. The highest BCUT2D eigenvalue weighted by atomic mass is 32.2. The minimum absolute atomic E-state index is 0.0250. The number of thioether (sulfide) groups is 1. The zero-order chi connectivity index (χ0) is 23.5. The molecule has 0 aromatic heterocycles. The number of rotatable bonds is 19. The summed E-state index contributed by atoms with van der Waals surface area (Å²) in [4.78, 5) is 25.0. The highest BCUT2D eigenvalue weighted by Gasteiger charge is 2.57. The summed E-state index contributed by atoms with van der Waals surface area (Å²) in [5.41, 5.74) is -0.369. The Morgan fingerprint density at radius 1 is 1.06 bits per heavy atom. The maximum Gasteiger partial charge on any atom is 0.315 e. The summed E-state index contributed by atoms with van der Waals surface area (Å²) in [6.45, 7) is 10.0. The average Bonchev–Trinajstić information content (AvgIpc) is 3.49. The van der Waals surface area contributed by atoms with Crippen molar-refractivity contribution in [2.75, 3.05) is 72.5 Å². The van der Waals surface area contributed by atoms with Gasteiger partial charge in [-0.3, -0.25) is 9.69 Å². The smallest absolute Gasteiger partial charge is 0.315 e. The molecule has 3 rings (SSSR count). The molecular formula is C22H39N3O7S. The van der Waals surface area contributed by atoms with Crippen LogP contribution in [0.4, 0.5) is 4.79 Å². The normalized spacial score (nSPS) is 28.5. The van der Waals surface area contributed by atoms with Crippen molar-refractivity contribution < 1.29 is 33.6 Å². The van der Waals surface area contributed by atoms with Crippen LogP contribution in [0, 0.1) is 0 Å². The fraction of sp³-hybridized carbons (Fsp3) is 0.909. The van der Waals surface area contributed by atoms with E-state index in [1.165, 1.54) is 13.1 Å². The number of urea groups is 1. The van der Waals surface area contributed by atoms with Crippen molar-refractivity contribution in [3.63, 3.8) is 0 Å². The molecule has 0 bridgehead atoms. The predicted octanol–water partition coefficient (Wildman–Crippen LogP) is 0.938. The molecule has 0 aliphatic carbocycles. The molecule has 33 heavy (non-hydrogen) atoms. The van der Waals surface area contributed by atoms with Crippen LogP contribution in [-0.4, -0.2) is 117 Å². The predicted molar refractivity (Wildman–Crippen MR) is 125 cm³/mol. The summed E-state index contributed by atoms with van der Waals surface area (Å²) in [5, 5.41) is 15.3. The largest absolute Gasteiger partial charge is 0.481 e. The lowest BCUT2D eigenvalue weighted by Gasteiger charge is -2.29. The van der Waals surface area contributed by atoms with Crippen molar-refractivity contribution in [3.8, 4) is 0 Å². The fourth-order valence-corrected chi connectivity index (χ4v) is 6.14. The minimum Gasteiger partial charge on any atom is -0.481 e. The molecule has 3 fully saturated rings. The van der Waals surface area contributed by atoms with Crippen LogP contribution in [0.2, 0.25) is 0 Å². The molecule has 0 aromatic carbocycles. The molecule has 3 saturated heterocycles. The molecule has 0 spiro atoms. The van der Waals surface area contributed by atoms with Crippen LogP contribution >= 0.6 is 11.8 Å². The molecule has 3 N–H and O–H groups in total. The van der Waals surface area contributed by atoms with Gasteiger partial charge < -0.3 is 34.7 Å². The van der Waals surface area contributed by atoms with Gasteiger partial charge in [-0.25, -0.2) is 4.79 Å². The summed E-state index contributed by atoms with van der Waals surface area (Å²) in [7, 11) is 0. The molecule has 0 aromatic rings. The number of ether oxygens (including phenoxy) is 4. The second-order valence-corrected chi connectivity index (χ2v) is 10.4. The zero-order valence-corrected chi connectivity index (χ0v) is 20.4. The molecule has 3 heterocycles. The van der Waals surface area contributed by atoms with E-state index in [9.17, 15) is 9.59 Å². The van der Waals surface area contributed by atoms with E-state index in [-0.39, 0.29) is 34.5 Å². The number of fused-ring (bicyclic) bond motifs is 1. The van der Waals surface area contributed by atoms with Gasteiger partial charge in [-0.2, -0.15) is 0 Å². The topological polar surface area (TPSA) is 118 Å². The number of aliphatic carboxylic acids is 1. The Morgan fingerprint density at radius 2 is 1.70 bits per heavy atom. The number of nitrogens with one attached hydrogen (secondary N) is 2. The number of hydrogen-bond acceptors (Lipinski definition) is 8. The first-order valence-electron chi connectivity index (χ1n) is 12.0. The molecule has 190 valence electrons. The number of unbranched alkanes of at least 4 members (excludes halogenated alkanes) is 1. The Kier molecular flexibility index (Phi) is 11.0. The fourth-order valence-electron chi connectivity index (χ4n) is 4.25. The van der Waals surface area contributed by atoms with E-state index in [1.54, 1.807) is 0 Å². The molecule has 11 heteroatoms. The minimum atomic E-state index is -0.763. The number of carbonyl (C=O) groups excluding carboxylic acids is 1. The number of carboxylic acids is 1. The van der Waals surface area contributed by atoms with E-state index in [0.29, 0.717) is 52.7 Å². The monoisotopic (exact) mass is 489 g/mol. The first-order chi connectivity index (χ1) is 16.0. The van der Waals surface area contributed by atoms with Crippen molar-refractivity contribution in [1.29, 1.82) is 0 Å². The van der Waals surface area contributed by atoms with Crippen LogP contribution in [0.5, 0.6) is 0 Å². The third-order valence-electron chi connectivity index (χ3n) is 6.30. The Morgan fingerprint density at radius 3 is 2.33 bits per heavy atom. The highest BCUT2D eigenvalue weighted by molar-refractivity contribution is 8.01. The van der Waals surface area contributed by atoms with Crippen LogP contribution in [0.25, 0.3) is 0 Å². The quantitative estimate of drug-likeness (QED) is 0.138. The lowest BCUT2D eigenvalue weighted by Crippen LogP contribution is -2.53. The third kappa shape index (κ3) is 8.88. The molecule has 0 radical (unpaired) electrons. The first-order valence-corrected chi connectivity index (χ1v) is 12.9. The van der Waals surface area contributed by atoms with E-state index < -0.39 is 5.97 Å².